The third-order valence-electron chi connectivity index (χ3n) is 5.55. The molecular weight excluding hydrogens is 394 g/mol. The number of hydrogen-bond acceptors (Lipinski definition) is 5. The number of aryl methyl sites for hydroxylation is 3. The van der Waals surface area contributed by atoms with Crippen molar-refractivity contribution in [3.05, 3.63) is 40.3 Å². The Hall–Kier alpha value is -2.54. The molecule has 0 unspecified atom stereocenters. The summed E-state index contributed by atoms with van der Waals surface area (Å²) in [7, 11) is 3.58. The van der Waals surface area contributed by atoms with E-state index in [0.717, 1.165) is 66.3 Å². The van der Waals surface area contributed by atoms with Crippen LogP contribution in [-0.4, -0.2) is 44.7 Å². The minimum Gasteiger partial charge on any atom is -0.348 e. The predicted octanol–water partition coefficient (Wildman–Crippen LogP) is 4.16. The maximum absolute atomic E-state index is 12.2. The van der Waals surface area contributed by atoms with Crippen LogP contribution in [0.2, 0.25) is 0 Å². The lowest BCUT2D eigenvalue weighted by Crippen LogP contribution is -2.23. The van der Waals surface area contributed by atoms with Crippen molar-refractivity contribution in [1.82, 2.24) is 24.6 Å². The van der Waals surface area contributed by atoms with Gasteiger partial charge in [0, 0.05) is 43.7 Å². The summed E-state index contributed by atoms with van der Waals surface area (Å²) < 4.78 is 2.10. The van der Waals surface area contributed by atoms with Crippen molar-refractivity contribution in [2.45, 2.75) is 58.9 Å². The summed E-state index contributed by atoms with van der Waals surface area (Å²) in [6.07, 6.45) is 7.38. The molecule has 0 radical (unpaired) electrons. The molecule has 158 valence electrons. The maximum atomic E-state index is 12.2. The highest BCUT2D eigenvalue weighted by molar-refractivity contribution is 7.15. The van der Waals surface area contributed by atoms with E-state index in [1.54, 1.807) is 30.3 Å². The fourth-order valence-electron chi connectivity index (χ4n) is 3.97. The predicted molar refractivity (Wildman–Crippen MR) is 121 cm³/mol. The summed E-state index contributed by atoms with van der Waals surface area (Å²) in [4.78, 5) is 24.5. The molecule has 6 nitrogen and oxygen atoms in total. The molecule has 1 aliphatic carbocycles. The first kappa shape index (κ1) is 20.7. The van der Waals surface area contributed by atoms with Crippen molar-refractivity contribution in [3.63, 3.8) is 0 Å². The Kier molecular flexibility index (Phi) is 5.99. The van der Waals surface area contributed by atoms with E-state index in [9.17, 15) is 4.79 Å². The van der Waals surface area contributed by atoms with E-state index in [-0.39, 0.29) is 5.91 Å². The average Bonchev–Trinajstić information content (AvgIpc) is 3.25. The fraction of sp³-hybridized carbons (Fsp3) is 0.478. The van der Waals surface area contributed by atoms with Crippen molar-refractivity contribution in [2.24, 2.45) is 0 Å². The quantitative estimate of drug-likeness (QED) is 0.597. The van der Waals surface area contributed by atoms with Gasteiger partial charge < -0.3 is 4.90 Å². The first-order chi connectivity index (χ1) is 14.5. The highest BCUT2D eigenvalue weighted by atomic mass is 32.1. The van der Waals surface area contributed by atoms with Crippen LogP contribution >= 0.6 is 11.3 Å². The van der Waals surface area contributed by atoms with Crippen molar-refractivity contribution in [2.75, 3.05) is 14.1 Å². The number of likely N-dealkylation sites (N-methyl/N-ethyl adjacent to an activating group) is 1. The number of carbonyl (C=O) groups is 1. The van der Waals surface area contributed by atoms with Crippen LogP contribution < -0.4 is 0 Å². The van der Waals surface area contributed by atoms with Gasteiger partial charge in [-0.25, -0.2) is 4.98 Å². The molecular formula is C23H29N5OS. The normalized spacial score (nSPS) is 12.9. The zero-order valence-electron chi connectivity index (χ0n) is 18.2. The minimum atomic E-state index is 0.0852. The second kappa shape index (κ2) is 8.68. The van der Waals surface area contributed by atoms with Crippen LogP contribution in [0.3, 0.4) is 0 Å². The first-order valence-electron chi connectivity index (χ1n) is 10.8. The largest absolute Gasteiger partial charge is 0.348 e. The van der Waals surface area contributed by atoms with Crippen LogP contribution in [0.5, 0.6) is 0 Å². The molecule has 3 aromatic rings. The Balaban J connectivity index is 1.76. The van der Waals surface area contributed by atoms with Gasteiger partial charge in [0.25, 0.3) is 0 Å². The molecule has 0 fully saturated rings. The second-order valence-electron chi connectivity index (χ2n) is 7.98. The van der Waals surface area contributed by atoms with Crippen LogP contribution in [0.4, 0.5) is 0 Å². The minimum absolute atomic E-state index is 0.0852. The molecule has 0 spiro atoms. The molecule has 4 rings (SSSR count). The fourth-order valence-corrected chi connectivity index (χ4v) is 5.15. The number of carbonyl (C=O) groups excluding carboxylic acids is 1. The van der Waals surface area contributed by atoms with Gasteiger partial charge in [-0.05, 0) is 44.7 Å². The summed E-state index contributed by atoms with van der Waals surface area (Å²) >= 11 is 1.65. The van der Waals surface area contributed by atoms with Gasteiger partial charge in [0.15, 0.2) is 0 Å². The van der Waals surface area contributed by atoms with E-state index in [1.807, 2.05) is 6.20 Å². The number of aromatic nitrogens is 4. The van der Waals surface area contributed by atoms with Crippen molar-refractivity contribution in [3.8, 4) is 21.8 Å². The molecule has 0 aliphatic heterocycles. The Morgan fingerprint density at radius 3 is 2.73 bits per heavy atom. The number of fused-ring (bicyclic) bond motifs is 3. The SMILES string of the molecule is CCCc1ccc(-c2nn(CC)c3c2CCCc2nc(CC(=O)N(C)C)sc2-3)cn1. The van der Waals surface area contributed by atoms with E-state index in [2.05, 4.69) is 35.6 Å². The number of pyridine rings is 1. The number of amides is 1. The Bertz CT molecular complexity index is 1050. The van der Waals surface area contributed by atoms with Crippen molar-refractivity contribution < 1.29 is 4.79 Å². The molecule has 0 aromatic carbocycles. The van der Waals surface area contributed by atoms with Gasteiger partial charge >= 0.3 is 0 Å². The van der Waals surface area contributed by atoms with Gasteiger partial charge in [-0.15, -0.1) is 11.3 Å². The van der Waals surface area contributed by atoms with Crippen LogP contribution in [0.1, 0.15) is 48.6 Å². The van der Waals surface area contributed by atoms with Gasteiger partial charge in [-0.1, -0.05) is 13.3 Å². The molecule has 30 heavy (non-hydrogen) atoms. The topological polar surface area (TPSA) is 63.9 Å². The lowest BCUT2D eigenvalue weighted by atomic mass is 10.0. The highest BCUT2D eigenvalue weighted by Gasteiger charge is 2.27. The van der Waals surface area contributed by atoms with Crippen molar-refractivity contribution >= 4 is 17.2 Å². The van der Waals surface area contributed by atoms with Gasteiger partial charge in [0.2, 0.25) is 5.91 Å². The molecule has 3 aromatic heterocycles. The van der Waals surface area contributed by atoms with E-state index < -0.39 is 0 Å². The van der Waals surface area contributed by atoms with Gasteiger partial charge in [-0.3, -0.25) is 14.5 Å². The summed E-state index contributed by atoms with van der Waals surface area (Å²) in [6.45, 7) is 5.10. The summed E-state index contributed by atoms with van der Waals surface area (Å²) in [5.41, 5.74) is 6.82. The van der Waals surface area contributed by atoms with Crippen LogP contribution in [0.15, 0.2) is 18.3 Å². The lowest BCUT2D eigenvalue weighted by molar-refractivity contribution is -0.127. The molecule has 0 atom stereocenters. The number of hydrogen-bond donors (Lipinski definition) is 0. The van der Waals surface area contributed by atoms with E-state index >= 15 is 0 Å². The zero-order chi connectivity index (χ0) is 21.3. The van der Waals surface area contributed by atoms with E-state index in [4.69, 9.17) is 10.1 Å². The van der Waals surface area contributed by atoms with Crippen LogP contribution in [0, 0.1) is 0 Å². The highest BCUT2D eigenvalue weighted by Crippen LogP contribution is 2.41. The average molecular weight is 424 g/mol. The van der Waals surface area contributed by atoms with E-state index in [1.165, 1.54) is 16.1 Å². The standard InChI is InChI=1S/C23H29N5OS/c1-5-8-16-12-11-15(14-24-16)21-17-9-7-10-18-23(22(17)28(6-2)26-21)30-19(25-18)13-20(29)27(3)4/h11-12,14H,5-10,13H2,1-4H3. The smallest absolute Gasteiger partial charge is 0.228 e. The summed E-state index contributed by atoms with van der Waals surface area (Å²) in [5, 5.41) is 5.87. The van der Waals surface area contributed by atoms with Crippen LogP contribution in [0.25, 0.3) is 21.8 Å². The van der Waals surface area contributed by atoms with Gasteiger partial charge in [0.05, 0.1) is 28.4 Å². The van der Waals surface area contributed by atoms with Crippen molar-refractivity contribution in [1.29, 1.82) is 0 Å². The molecule has 0 N–H and O–H groups in total. The Morgan fingerprint density at radius 1 is 1.23 bits per heavy atom. The van der Waals surface area contributed by atoms with E-state index in [0.29, 0.717) is 6.42 Å². The first-order valence-corrected chi connectivity index (χ1v) is 11.6. The Labute approximate surface area is 182 Å². The number of rotatable bonds is 6. The number of nitrogens with zero attached hydrogens (tertiary/aromatic N) is 5. The molecule has 0 saturated heterocycles. The molecule has 1 amide bonds. The second-order valence-corrected chi connectivity index (χ2v) is 9.07. The van der Waals surface area contributed by atoms with Crippen LogP contribution in [-0.2, 0) is 37.0 Å². The van der Waals surface area contributed by atoms with Gasteiger partial charge in [-0.2, -0.15) is 5.10 Å². The molecule has 0 saturated carbocycles. The molecule has 0 bridgehead atoms. The third-order valence-corrected chi connectivity index (χ3v) is 6.66. The zero-order valence-corrected chi connectivity index (χ0v) is 19.1. The maximum Gasteiger partial charge on any atom is 0.228 e. The lowest BCUT2D eigenvalue weighted by Gasteiger charge is -2.08. The monoisotopic (exact) mass is 423 g/mol. The summed E-state index contributed by atoms with van der Waals surface area (Å²) in [5.74, 6) is 0.0852. The third kappa shape index (κ3) is 3.90. The Morgan fingerprint density at radius 2 is 2.07 bits per heavy atom. The molecule has 1 aliphatic rings. The molecule has 7 heteroatoms. The molecule has 3 heterocycles. The summed E-state index contributed by atoms with van der Waals surface area (Å²) in [6, 6.07) is 4.27. The van der Waals surface area contributed by atoms with Gasteiger partial charge in [0.1, 0.15) is 5.01 Å². The number of thiazole rings is 1.